The summed E-state index contributed by atoms with van der Waals surface area (Å²) in [4.78, 5) is 18.2. The highest BCUT2D eigenvalue weighted by Gasteiger charge is 2.07. The van der Waals surface area contributed by atoms with Gasteiger partial charge in [-0.3, -0.25) is 0 Å². The standard InChI is InChI=1S/C20H27NO.C2H2O4/c1-16(2)19-11-10-17(3)14-20(19)22-13-7-12-21-15-18-8-5-4-6-9-18;3-1(4)2(5)6/h4-6,8-11,14,16,21H,7,12-13,15H2,1-3H3;(H,3,4)(H,5,6). The Morgan fingerprint density at radius 3 is 2.25 bits per heavy atom. The van der Waals surface area contributed by atoms with Gasteiger partial charge in [0.05, 0.1) is 6.61 Å². The minimum Gasteiger partial charge on any atom is -0.493 e. The highest BCUT2D eigenvalue weighted by Crippen LogP contribution is 2.27. The first-order chi connectivity index (χ1) is 13.3. The van der Waals surface area contributed by atoms with Crippen LogP contribution in [0.3, 0.4) is 0 Å². The minimum atomic E-state index is -1.82. The Labute approximate surface area is 166 Å². The molecule has 0 fully saturated rings. The van der Waals surface area contributed by atoms with E-state index in [-0.39, 0.29) is 0 Å². The molecule has 152 valence electrons. The Morgan fingerprint density at radius 2 is 1.68 bits per heavy atom. The fourth-order valence-electron chi connectivity index (χ4n) is 2.45. The zero-order valence-electron chi connectivity index (χ0n) is 16.6. The largest absolute Gasteiger partial charge is 0.493 e. The van der Waals surface area contributed by atoms with Crippen LogP contribution in [-0.2, 0) is 16.1 Å². The van der Waals surface area contributed by atoms with E-state index in [1.54, 1.807) is 0 Å². The summed E-state index contributed by atoms with van der Waals surface area (Å²) in [5.41, 5.74) is 3.87. The van der Waals surface area contributed by atoms with Gasteiger partial charge >= 0.3 is 11.9 Å². The monoisotopic (exact) mass is 387 g/mol. The first-order valence-electron chi connectivity index (χ1n) is 9.25. The molecular formula is C22H29NO5. The lowest BCUT2D eigenvalue weighted by molar-refractivity contribution is -0.159. The smallest absolute Gasteiger partial charge is 0.414 e. The lowest BCUT2D eigenvalue weighted by Gasteiger charge is -2.15. The quantitative estimate of drug-likeness (QED) is 0.471. The molecule has 0 aromatic heterocycles. The van der Waals surface area contributed by atoms with Gasteiger partial charge in [0.1, 0.15) is 5.75 Å². The topological polar surface area (TPSA) is 95.9 Å². The number of carboxylic acid groups (broad SMARTS) is 2. The van der Waals surface area contributed by atoms with Crippen LogP contribution in [-0.4, -0.2) is 35.3 Å². The molecule has 2 aromatic rings. The summed E-state index contributed by atoms with van der Waals surface area (Å²) >= 11 is 0. The summed E-state index contributed by atoms with van der Waals surface area (Å²) in [6.07, 6.45) is 1.01. The average molecular weight is 387 g/mol. The van der Waals surface area contributed by atoms with E-state index in [4.69, 9.17) is 24.5 Å². The average Bonchev–Trinajstić information content (AvgIpc) is 2.65. The molecule has 0 aliphatic rings. The van der Waals surface area contributed by atoms with Crippen LogP contribution in [0.1, 0.15) is 42.9 Å². The molecule has 6 nitrogen and oxygen atoms in total. The van der Waals surface area contributed by atoms with Gasteiger partial charge in [0.25, 0.3) is 0 Å². The van der Waals surface area contributed by atoms with Crippen molar-refractivity contribution >= 4 is 11.9 Å². The molecular weight excluding hydrogens is 358 g/mol. The van der Waals surface area contributed by atoms with Crippen LogP contribution in [0.2, 0.25) is 0 Å². The number of carboxylic acids is 2. The summed E-state index contributed by atoms with van der Waals surface area (Å²) in [7, 11) is 0. The number of nitrogens with one attached hydrogen (secondary N) is 1. The fraction of sp³-hybridized carbons (Fsp3) is 0.364. The summed E-state index contributed by atoms with van der Waals surface area (Å²) in [6.45, 7) is 9.17. The molecule has 0 saturated carbocycles. The van der Waals surface area contributed by atoms with Crippen LogP contribution < -0.4 is 10.1 Å². The van der Waals surface area contributed by atoms with Crippen molar-refractivity contribution in [1.29, 1.82) is 0 Å². The third-order valence-electron chi connectivity index (χ3n) is 3.90. The number of rotatable bonds is 8. The third kappa shape index (κ3) is 9.19. The van der Waals surface area contributed by atoms with Crippen molar-refractivity contribution in [3.8, 4) is 5.75 Å². The van der Waals surface area contributed by atoms with Gasteiger partial charge in [0, 0.05) is 6.54 Å². The number of ether oxygens (including phenoxy) is 1. The number of aryl methyl sites for hydroxylation is 1. The van der Waals surface area contributed by atoms with E-state index in [9.17, 15) is 0 Å². The highest BCUT2D eigenvalue weighted by molar-refractivity contribution is 6.27. The van der Waals surface area contributed by atoms with Crippen molar-refractivity contribution in [2.75, 3.05) is 13.2 Å². The molecule has 0 aliphatic heterocycles. The maximum atomic E-state index is 9.10. The van der Waals surface area contributed by atoms with Crippen LogP contribution in [0.4, 0.5) is 0 Å². The van der Waals surface area contributed by atoms with Crippen molar-refractivity contribution in [2.24, 2.45) is 0 Å². The first-order valence-corrected chi connectivity index (χ1v) is 9.25. The molecule has 3 N–H and O–H groups in total. The van der Waals surface area contributed by atoms with E-state index in [2.05, 4.69) is 68.6 Å². The van der Waals surface area contributed by atoms with Gasteiger partial charge in [-0.1, -0.05) is 56.3 Å². The van der Waals surface area contributed by atoms with Gasteiger partial charge in [0.15, 0.2) is 0 Å². The Morgan fingerprint density at radius 1 is 1.04 bits per heavy atom. The maximum absolute atomic E-state index is 9.10. The van der Waals surface area contributed by atoms with E-state index in [1.165, 1.54) is 16.7 Å². The molecule has 0 spiro atoms. The lowest BCUT2D eigenvalue weighted by atomic mass is 10.0. The normalized spacial score (nSPS) is 10.1. The van der Waals surface area contributed by atoms with Gasteiger partial charge < -0.3 is 20.3 Å². The molecule has 0 heterocycles. The van der Waals surface area contributed by atoms with Crippen molar-refractivity contribution in [1.82, 2.24) is 5.32 Å². The molecule has 2 aromatic carbocycles. The second kappa shape index (κ2) is 12.5. The molecule has 0 bridgehead atoms. The zero-order valence-corrected chi connectivity index (χ0v) is 16.6. The molecule has 28 heavy (non-hydrogen) atoms. The van der Waals surface area contributed by atoms with Crippen LogP contribution in [0, 0.1) is 6.92 Å². The van der Waals surface area contributed by atoms with E-state index in [1.807, 2.05) is 6.07 Å². The van der Waals surface area contributed by atoms with Gasteiger partial charge in [-0.15, -0.1) is 0 Å². The molecule has 0 radical (unpaired) electrons. The summed E-state index contributed by atoms with van der Waals surface area (Å²) in [6, 6.07) is 17.0. The Kier molecular flexibility index (Phi) is 10.4. The van der Waals surface area contributed by atoms with Crippen molar-refractivity contribution in [2.45, 2.75) is 39.7 Å². The Hall–Kier alpha value is -2.86. The molecule has 0 aliphatic carbocycles. The number of hydrogen-bond acceptors (Lipinski definition) is 4. The van der Waals surface area contributed by atoms with Gasteiger partial charge in [-0.05, 0) is 48.6 Å². The van der Waals surface area contributed by atoms with Crippen molar-refractivity contribution < 1.29 is 24.5 Å². The second-order valence-corrected chi connectivity index (χ2v) is 6.67. The summed E-state index contributed by atoms with van der Waals surface area (Å²) in [5.74, 6) is -2.12. The van der Waals surface area contributed by atoms with Crippen molar-refractivity contribution in [3.05, 3.63) is 65.2 Å². The molecule has 0 atom stereocenters. The first kappa shape index (κ1) is 23.2. The molecule has 0 amide bonds. The van der Waals surface area contributed by atoms with Gasteiger partial charge in [-0.25, -0.2) is 9.59 Å². The predicted octanol–water partition coefficient (Wildman–Crippen LogP) is 3.83. The molecule has 0 unspecified atom stereocenters. The van der Waals surface area contributed by atoms with E-state index >= 15 is 0 Å². The SMILES string of the molecule is Cc1ccc(C(C)C)c(OCCCNCc2ccccc2)c1.O=C(O)C(=O)O. The summed E-state index contributed by atoms with van der Waals surface area (Å²) < 4.78 is 5.99. The van der Waals surface area contributed by atoms with E-state index in [0.717, 1.165) is 31.9 Å². The Balaban J connectivity index is 0.000000568. The predicted molar refractivity (Wildman–Crippen MR) is 109 cm³/mol. The minimum absolute atomic E-state index is 0.492. The van der Waals surface area contributed by atoms with Crippen LogP contribution in [0.25, 0.3) is 0 Å². The molecule has 2 rings (SSSR count). The number of carbonyl (C=O) groups is 2. The van der Waals surface area contributed by atoms with E-state index in [0.29, 0.717) is 5.92 Å². The highest BCUT2D eigenvalue weighted by atomic mass is 16.5. The number of hydrogen-bond donors (Lipinski definition) is 3. The number of aliphatic carboxylic acids is 2. The summed E-state index contributed by atoms with van der Waals surface area (Å²) in [5, 5.41) is 18.2. The van der Waals surface area contributed by atoms with Crippen LogP contribution in [0.15, 0.2) is 48.5 Å². The number of benzene rings is 2. The van der Waals surface area contributed by atoms with Gasteiger partial charge in [-0.2, -0.15) is 0 Å². The lowest BCUT2D eigenvalue weighted by Crippen LogP contribution is -2.17. The van der Waals surface area contributed by atoms with E-state index < -0.39 is 11.9 Å². The van der Waals surface area contributed by atoms with Gasteiger partial charge in [0.2, 0.25) is 0 Å². The Bertz CT molecular complexity index is 732. The van der Waals surface area contributed by atoms with Crippen LogP contribution in [0.5, 0.6) is 5.75 Å². The molecule has 0 saturated heterocycles. The second-order valence-electron chi connectivity index (χ2n) is 6.67. The zero-order chi connectivity index (χ0) is 20.9. The molecule has 6 heteroatoms. The van der Waals surface area contributed by atoms with Crippen molar-refractivity contribution in [3.63, 3.8) is 0 Å². The third-order valence-corrected chi connectivity index (χ3v) is 3.90. The maximum Gasteiger partial charge on any atom is 0.414 e. The van der Waals surface area contributed by atoms with Crippen LogP contribution >= 0.6 is 0 Å². The fourth-order valence-corrected chi connectivity index (χ4v) is 2.45.